The van der Waals surface area contributed by atoms with Crippen LogP contribution < -0.4 is 5.32 Å². The summed E-state index contributed by atoms with van der Waals surface area (Å²) in [5, 5.41) is 3.48. The van der Waals surface area contributed by atoms with Crippen LogP contribution in [0.4, 0.5) is 0 Å². The van der Waals surface area contributed by atoms with E-state index in [1.165, 1.54) is 0 Å². The zero-order valence-electron chi connectivity index (χ0n) is 11.1. The van der Waals surface area contributed by atoms with Crippen LogP contribution in [0.1, 0.15) is 11.9 Å². The molecule has 0 radical (unpaired) electrons. The van der Waals surface area contributed by atoms with Gasteiger partial charge >= 0.3 is 0 Å². The number of likely N-dealkylation sites (N-methyl/N-ethyl adjacent to an activating group) is 1. The van der Waals surface area contributed by atoms with Gasteiger partial charge in [0.05, 0.1) is 11.7 Å². The highest BCUT2D eigenvalue weighted by Gasteiger charge is 2.20. The standard InChI is InChI=1S/C15H18N4/c1-19-10-9-16-14(11-19)15-17-8-7-13(18-15)12-5-3-2-4-6-12/h2-8,14,16H,9-11H2,1H3. The van der Waals surface area contributed by atoms with Crippen LogP contribution in [-0.4, -0.2) is 41.5 Å². The van der Waals surface area contributed by atoms with Gasteiger partial charge in [0.2, 0.25) is 0 Å². The van der Waals surface area contributed by atoms with E-state index in [1.54, 1.807) is 0 Å². The van der Waals surface area contributed by atoms with Gasteiger partial charge in [0.15, 0.2) is 0 Å². The van der Waals surface area contributed by atoms with Crippen molar-refractivity contribution in [2.45, 2.75) is 6.04 Å². The van der Waals surface area contributed by atoms with Crippen LogP contribution >= 0.6 is 0 Å². The first kappa shape index (κ1) is 12.3. The van der Waals surface area contributed by atoms with Crippen LogP contribution in [0.15, 0.2) is 42.6 Å². The van der Waals surface area contributed by atoms with Crippen molar-refractivity contribution in [3.63, 3.8) is 0 Å². The van der Waals surface area contributed by atoms with Crippen LogP contribution in [0.3, 0.4) is 0 Å². The molecule has 0 aliphatic carbocycles. The predicted octanol–water partition coefficient (Wildman–Crippen LogP) is 1.72. The van der Waals surface area contributed by atoms with E-state index in [-0.39, 0.29) is 6.04 Å². The van der Waals surface area contributed by atoms with Crippen molar-refractivity contribution >= 4 is 0 Å². The lowest BCUT2D eigenvalue weighted by atomic mass is 10.1. The zero-order chi connectivity index (χ0) is 13.1. The topological polar surface area (TPSA) is 41.0 Å². The average Bonchev–Trinajstić information content (AvgIpc) is 2.48. The van der Waals surface area contributed by atoms with Crippen LogP contribution in [-0.2, 0) is 0 Å². The first-order valence-corrected chi connectivity index (χ1v) is 6.63. The molecule has 0 spiro atoms. The van der Waals surface area contributed by atoms with Crippen LogP contribution in [0, 0.1) is 0 Å². The molecule has 2 aromatic rings. The molecule has 19 heavy (non-hydrogen) atoms. The fourth-order valence-electron chi connectivity index (χ4n) is 2.38. The fraction of sp³-hybridized carbons (Fsp3) is 0.333. The van der Waals surface area contributed by atoms with Gasteiger partial charge in [-0.05, 0) is 13.1 Å². The van der Waals surface area contributed by atoms with Crippen molar-refractivity contribution in [2.24, 2.45) is 0 Å². The summed E-state index contributed by atoms with van der Waals surface area (Å²) in [4.78, 5) is 11.4. The van der Waals surface area contributed by atoms with Gasteiger partial charge in [-0.3, -0.25) is 0 Å². The van der Waals surface area contributed by atoms with Crippen molar-refractivity contribution in [3.8, 4) is 11.3 Å². The maximum atomic E-state index is 4.70. The maximum absolute atomic E-state index is 4.70. The van der Waals surface area contributed by atoms with Crippen molar-refractivity contribution in [1.82, 2.24) is 20.2 Å². The number of aromatic nitrogens is 2. The molecule has 1 N–H and O–H groups in total. The van der Waals surface area contributed by atoms with Crippen molar-refractivity contribution < 1.29 is 0 Å². The number of rotatable bonds is 2. The summed E-state index contributed by atoms with van der Waals surface area (Å²) in [6, 6.07) is 12.4. The Hall–Kier alpha value is -1.78. The molecular formula is C15H18N4. The summed E-state index contributed by atoms with van der Waals surface area (Å²) < 4.78 is 0. The Balaban J connectivity index is 1.88. The van der Waals surface area contributed by atoms with Gasteiger partial charge in [0.25, 0.3) is 0 Å². The lowest BCUT2D eigenvalue weighted by molar-refractivity contribution is 0.235. The lowest BCUT2D eigenvalue weighted by Gasteiger charge is -2.29. The Labute approximate surface area is 113 Å². The van der Waals surface area contributed by atoms with E-state index in [1.807, 2.05) is 30.5 Å². The average molecular weight is 254 g/mol. The van der Waals surface area contributed by atoms with E-state index in [4.69, 9.17) is 4.98 Å². The molecule has 0 bridgehead atoms. The number of benzene rings is 1. The number of hydrogen-bond donors (Lipinski definition) is 1. The van der Waals surface area contributed by atoms with E-state index in [2.05, 4.69) is 34.4 Å². The zero-order valence-corrected chi connectivity index (χ0v) is 11.1. The Morgan fingerprint density at radius 3 is 2.84 bits per heavy atom. The molecule has 1 aromatic carbocycles. The largest absolute Gasteiger partial charge is 0.305 e. The molecule has 3 rings (SSSR count). The summed E-state index contributed by atoms with van der Waals surface area (Å²) in [6.45, 7) is 3.02. The van der Waals surface area contributed by atoms with Crippen molar-refractivity contribution in [1.29, 1.82) is 0 Å². The smallest absolute Gasteiger partial charge is 0.147 e. The number of nitrogens with one attached hydrogen (secondary N) is 1. The monoisotopic (exact) mass is 254 g/mol. The third-order valence-electron chi connectivity index (χ3n) is 3.43. The Kier molecular flexibility index (Phi) is 3.53. The molecule has 1 aliphatic heterocycles. The van der Waals surface area contributed by atoms with Gasteiger partial charge in [-0.25, -0.2) is 9.97 Å². The van der Waals surface area contributed by atoms with E-state index in [0.29, 0.717) is 0 Å². The van der Waals surface area contributed by atoms with Crippen LogP contribution in [0.5, 0.6) is 0 Å². The van der Waals surface area contributed by atoms with Crippen LogP contribution in [0.25, 0.3) is 11.3 Å². The van der Waals surface area contributed by atoms with Crippen LogP contribution in [0.2, 0.25) is 0 Å². The molecule has 1 aromatic heterocycles. The molecule has 4 nitrogen and oxygen atoms in total. The van der Waals surface area contributed by atoms with E-state index in [9.17, 15) is 0 Å². The Morgan fingerprint density at radius 1 is 1.21 bits per heavy atom. The van der Waals surface area contributed by atoms with E-state index < -0.39 is 0 Å². The second kappa shape index (κ2) is 5.47. The highest BCUT2D eigenvalue weighted by molar-refractivity contribution is 5.58. The summed E-state index contributed by atoms with van der Waals surface area (Å²) in [5.41, 5.74) is 2.12. The maximum Gasteiger partial charge on any atom is 0.147 e. The van der Waals surface area contributed by atoms with Gasteiger partial charge in [0.1, 0.15) is 5.82 Å². The number of hydrogen-bond acceptors (Lipinski definition) is 4. The molecule has 1 fully saturated rings. The lowest BCUT2D eigenvalue weighted by Crippen LogP contribution is -2.44. The van der Waals surface area contributed by atoms with Crippen molar-refractivity contribution in [3.05, 3.63) is 48.4 Å². The Morgan fingerprint density at radius 2 is 2.05 bits per heavy atom. The van der Waals surface area contributed by atoms with Gasteiger partial charge < -0.3 is 10.2 Å². The molecule has 1 aliphatic rings. The molecule has 1 saturated heterocycles. The summed E-state index contributed by atoms with van der Waals surface area (Å²) in [6.07, 6.45) is 1.85. The van der Waals surface area contributed by atoms with Crippen molar-refractivity contribution in [2.75, 3.05) is 26.7 Å². The van der Waals surface area contributed by atoms with Gasteiger partial charge in [-0.1, -0.05) is 30.3 Å². The number of nitrogens with zero attached hydrogens (tertiary/aromatic N) is 3. The minimum atomic E-state index is 0.224. The summed E-state index contributed by atoms with van der Waals surface area (Å²) in [5.74, 6) is 0.882. The summed E-state index contributed by atoms with van der Waals surface area (Å²) >= 11 is 0. The predicted molar refractivity (Wildman–Crippen MR) is 75.7 cm³/mol. The molecule has 0 amide bonds. The molecule has 2 heterocycles. The quantitative estimate of drug-likeness (QED) is 0.886. The highest BCUT2D eigenvalue weighted by atomic mass is 15.2. The molecule has 0 saturated carbocycles. The van der Waals surface area contributed by atoms with E-state index in [0.717, 1.165) is 36.7 Å². The number of piperazine rings is 1. The third-order valence-corrected chi connectivity index (χ3v) is 3.43. The van der Waals surface area contributed by atoms with Gasteiger partial charge in [-0.2, -0.15) is 0 Å². The molecule has 4 heteroatoms. The second-order valence-corrected chi connectivity index (χ2v) is 4.94. The molecule has 98 valence electrons. The van der Waals surface area contributed by atoms with E-state index >= 15 is 0 Å². The minimum Gasteiger partial charge on any atom is -0.305 e. The first-order valence-electron chi connectivity index (χ1n) is 6.63. The Bertz CT molecular complexity index is 541. The SMILES string of the molecule is CN1CCNC(c2nccc(-c3ccccc3)n2)C1. The molecule has 1 unspecified atom stereocenters. The first-order chi connectivity index (χ1) is 9.33. The molecule has 1 atom stereocenters. The normalized spacial score (nSPS) is 20.4. The molecular weight excluding hydrogens is 236 g/mol. The van der Waals surface area contributed by atoms with Gasteiger partial charge in [-0.15, -0.1) is 0 Å². The minimum absolute atomic E-state index is 0.224. The third kappa shape index (κ3) is 2.80. The van der Waals surface area contributed by atoms with Gasteiger partial charge in [0, 0.05) is 31.4 Å². The summed E-state index contributed by atoms with van der Waals surface area (Å²) in [7, 11) is 2.13. The second-order valence-electron chi connectivity index (χ2n) is 4.94. The highest BCUT2D eigenvalue weighted by Crippen LogP contribution is 2.19. The fourth-order valence-corrected chi connectivity index (χ4v) is 2.38.